The van der Waals surface area contributed by atoms with Crippen LogP contribution in [-0.4, -0.2) is 17.2 Å². The lowest BCUT2D eigenvalue weighted by Gasteiger charge is -2.00. The predicted octanol–water partition coefficient (Wildman–Crippen LogP) is 6.27. The fourth-order valence-electron chi connectivity index (χ4n) is 2.56. The zero-order valence-corrected chi connectivity index (χ0v) is 18.7. The SMILES string of the molecule is OB(O)c1ccccc1.[C-]#[N+]c1cccc(-c2ccccc2)c1.[C-]#[N+]c1cccc(Br)c1. The fourth-order valence-corrected chi connectivity index (χ4v) is 2.94. The lowest BCUT2D eigenvalue weighted by molar-refractivity contribution is 0.426. The molecule has 6 heteroatoms. The molecule has 0 aromatic heterocycles. The minimum Gasteiger partial charge on any atom is -0.423 e. The van der Waals surface area contributed by atoms with Gasteiger partial charge in [-0.25, -0.2) is 9.69 Å². The van der Waals surface area contributed by atoms with Gasteiger partial charge in [0, 0.05) is 4.47 Å². The van der Waals surface area contributed by atoms with Crippen LogP contribution in [0.5, 0.6) is 0 Å². The highest BCUT2D eigenvalue weighted by molar-refractivity contribution is 9.10. The van der Waals surface area contributed by atoms with Gasteiger partial charge in [0.2, 0.25) is 0 Å². The third-order valence-corrected chi connectivity index (χ3v) is 4.61. The zero-order chi connectivity index (χ0) is 23.2. The number of hydrogen-bond acceptors (Lipinski definition) is 2. The van der Waals surface area contributed by atoms with E-state index < -0.39 is 7.12 Å². The summed E-state index contributed by atoms with van der Waals surface area (Å²) in [5.74, 6) is 0. The van der Waals surface area contributed by atoms with Gasteiger partial charge in [0.15, 0.2) is 11.4 Å². The monoisotopic (exact) mass is 482 g/mol. The summed E-state index contributed by atoms with van der Waals surface area (Å²) in [5, 5.41) is 17.2. The van der Waals surface area contributed by atoms with Crippen LogP contribution in [-0.2, 0) is 0 Å². The quantitative estimate of drug-likeness (QED) is 0.261. The Morgan fingerprint density at radius 2 is 1.09 bits per heavy atom. The second-order valence-corrected chi connectivity index (χ2v) is 7.32. The molecule has 0 aliphatic heterocycles. The standard InChI is InChI=1S/C13H9N.C7H4BrN.C6H7BO2/c1-14-13-9-5-8-12(10-13)11-6-3-2-4-7-11;1-9-7-4-2-3-6(8)5-7;8-7(9)6-4-2-1-3-5-6/h2-10H;2-5H;1-5,8-9H. The van der Waals surface area contributed by atoms with Crippen LogP contribution in [0.15, 0.2) is 114 Å². The van der Waals surface area contributed by atoms with Crippen molar-refractivity contribution in [3.8, 4) is 11.1 Å². The number of hydrogen-bond donors (Lipinski definition) is 2. The number of nitrogens with zero attached hydrogens (tertiary/aromatic N) is 2. The van der Waals surface area contributed by atoms with E-state index in [2.05, 4.69) is 25.6 Å². The van der Waals surface area contributed by atoms with Crippen LogP contribution in [0.2, 0.25) is 0 Å². The molecule has 0 saturated heterocycles. The Hall–Kier alpha value is -3.68. The molecule has 4 nitrogen and oxygen atoms in total. The third kappa shape index (κ3) is 8.59. The zero-order valence-electron chi connectivity index (χ0n) is 17.1. The summed E-state index contributed by atoms with van der Waals surface area (Å²) in [6.07, 6.45) is 0. The molecule has 156 valence electrons. The Morgan fingerprint density at radius 3 is 1.56 bits per heavy atom. The van der Waals surface area contributed by atoms with Crippen LogP contribution >= 0.6 is 15.9 Å². The predicted molar refractivity (Wildman–Crippen MR) is 135 cm³/mol. The average Bonchev–Trinajstić information content (AvgIpc) is 2.86. The van der Waals surface area contributed by atoms with Crippen LogP contribution < -0.4 is 5.46 Å². The molecule has 0 fully saturated rings. The van der Waals surface area contributed by atoms with E-state index in [4.69, 9.17) is 23.2 Å². The molecule has 4 aromatic rings. The molecular weight excluding hydrogens is 463 g/mol. The molecule has 32 heavy (non-hydrogen) atoms. The van der Waals surface area contributed by atoms with Gasteiger partial charge in [-0.05, 0) is 28.7 Å². The van der Waals surface area contributed by atoms with Gasteiger partial charge >= 0.3 is 7.12 Å². The van der Waals surface area contributed by atoms with Crippen LogP contribution in [0.4, 0.5) is 11.4 Å². The van der Waals surface area contributed by atoms with Crippen LogP contribution in [0.25, 0.3) is 20.8 Å². The molecule has 0 amide bonds. The van der Waals surface area contributed by atoms with Gasteiger partial charge < -0.3 is 10.0 Å². The van der Waals surface area contributed by atoms with Crippen molar-refractivity contribution < 1.29 is 10.0 Å². The van der Waals surface area contributed by atoms with Crippen molar-refractivity contribution in [2.24, 2.45) is 0 Å². The molecule has 0 aliphatic rings. The van der Waals surface area contributed by atoms with Gasteiger partial charge in [0.05, 0.1) is 13.1 Å². The maximum Gasteiger partial charge on any atom is 0.488 e. The number of benzene rings is 4. The topological polar surface area (TPSA) is 49.2 Å². The molecular formula is C26H20BBrN2O2. The molecule has 0 bridgehead atoms. The average molecular weight is 483 g/mol. The first-order valence-electron chi connectivity index (χ1n) is 9.60. The normalized spacial score (nSPS) is 9.03. The molecule has 4 aromatic carbocycles. The molecule has 0 spiro atoms. The van der Waals surface area contributed by atoms with Crippen molar-refractivity contribution in [3.63, 3.8) is 0 Å². The second-order valence-electron chi connectivity index (χ2n) is 6.40. The molecule has 2 N–H and O–H groups in total. The van der Waals surface area contributed by atoms with Crippen molar-refractivity contribution in [2.45, 2.75) is 0 Å². The highest BCUT2D eigenvalue weighted by Crippen LogP contribution is 2.23. The molecule has 0 aliphatic carbocycles. The summed E-state index contributed by atoms with van der Waals surface area (Å²) in [6, 6.07) is 33.7. The maximum absolute atomic E-state index is 8.58. The first-order valence-corrected chi connectivity index (χ1v) is 10.4. The molecule has 0 saturated carbocycles. The second kappa shape index (κ2) is 13.6. The minimum absolute atomic E-state index is 0.525. The van der Waals surface area contributed by atoms with E-state index in [-0.39, 0.29) is 0 Å². The summed E-state index contributed by atoms with van der Waals surface area (Å²) in [4.78, 5) is 6.66. The molecule has 0 radical (unpaired) electrons. The summed E-state index contributed by atoms with van der Waals surface area (Å²) in [6.45, 7) is 13.6. The Balaban J connectivity index is 0.000000178. The number of rotatable bonds is 2. The summed E-state index contributed by atoms with van der Waals surface area (Å²) in [7, 11) is -1.34. The lowest BCUT2D eigenvalue weighted by atomic mass is 9.81. The highest BCUT2D eigenvalue weighted by Gasteiger charge is 2.07. The lowest BCUT2D eigenvalue weighted by Crippen LogP contribution is -2.29. The van der Waals surface area contributed by atoms with Crippen LogP contribution in [0.3, 0.4) is 0 Å². The smallest absolute Gasteiger partial charge is 0.423 e. The molecule has 4 rings (SSSR count). The van der Waals surface area contributed by atoms with Gasteiger partial charge in [-0.1, -0.05) is 113 Å². The first kappa shape index (κ1) is 24.6. The van der Waals surface area contributed by atoms with E-state index >= 15 is 0 Å². The Bertz CT molecular complexity index is 1190. The maximum atomic E-state index is 8.58. The largest absolute Gasteiger partial charge is 0.488 e. The summed E-state index contributed by atoms with van der Waals surface area (Å²) >= 11 is 3.26. The van der Waals surface area contributed by atoms with Crippen LogP contribution in [0, 0.1) is 13.1 Å². The Morgan fingerprint density at radius 1 is 0.594 bits per heavy atom. The van der Waals surface area contributed by atoms with E-state index in [1.807, 2.05) is 72.8 Å². The number of halogens is 1. The highest BCUT2D eigenvalue weighted by atomic mass is 79.9. The van der Waals surface area contributed by atoms with E-state index in [0.717, 1.165) is 15.6 Å². The molecule has 0 atom stereocenters. The van der Waals surface area contributed by atoms with Gasteiger partial charge in [-0.2, -0.15) is 0 Å². The van der Waals surface area contributed by atoms with Crippen molar-refractivity contribution in [2.75, 3.05) is 0 Å². The van der Waals surface area contributed by atoms with Crippen molar-refractivity contribution >= 4 is 39.9 Å². The van der Waals surface area contributed by atoms with Gasteiger partial charge in [-0.3, -0.25) is 0 Å². The Labute approximate surface area is 197 Å². The van der Waals surface area contributed by atoms with Crippen molar-refractivity contribution in [1.82, 2.24) is 0 Å². The molecule has 0 heterocycles. The third-order valence-electron chi connectivity index (χ3n) is 4.12. The van der Waals surface area contributed by atoms with Crippen LogP contribution in [0.1, 0.15) is 0 Å². The van der Waals surface area contributed by atoms with Gasteiger partial charge in [-0.15, -0.1) is 0 Å². The minimum atomic E-state index is -1.34. The Kier molecular flexibility index (Phi) is 10.4. The van der Waals surface area contributed by atoms with Crippen molar-refractivity contribution in [3.05, 3.63) is 137 Å². The molecule has 0 unspecified atom stereocenters. The van der Waals surface area contributed by atoms with E-state index in [1.54, 1.807) is 36.4 Å². The first-order chi connectivity index (χ1) is 15.5. The summed E-state index contributed by atoms with van der Waals surface area (Å²) < 4.78 is 0.955. The van der Waals surface area contributed by atoms with E-state index in [0.29, 0.717) is 16.8 Å². The fraction of sp³-hybridized carbons (Fsp3) is 0. The van der Waals surface area contributed by atoms with Gasteiger partial charge in [0.25, 0.3) is 0 Å². The van der Waals surface area contributed by atoms with E-state index in [1.165, 1.54) is 0 Å². The summed E-state index contributed by atoms with van der Waals surface area (Å²) in [5.41, 5.74) is 4.13. The van der Waals surface area contributed by atoms with E-state index in [9.17, 15) is 0 Å². The van der Waals surface area contributed by atoms with Crippen molar-refractivity contribution in [1.29, 1.82) is 0 Å². The van der Waals surface area contributed by atoms with Gasteiger partial charge in [0.1, 0.15) is 0 Å².